The first kappa shape index (κ1) is 16.4. The zero-order valence-electron chi connectivity index (χ0n) is 11.0. The Balaban J connectivity index is 0.00000200. The quantitative estimate of drug-likeness (QED) is 0.650. The minimum Gasteiger partial charge on any atom is -0.352 e. The molecular weight excluding hydrogens is 282 g/mol. The Bertz CT molecular complexity index is 458. The highest BCUT2D eigenvalue weighted by Gasteiger charge is 2.15. The number of carbonyl (C=O) groups excluding carboxylic acids is 1. The summed E-state index contributed by atoms with van der Waals surface area (Å²) in [6.07, 6.45) is 2.33. The lowest BCUT2D eigenvalue weighted by molar-refractivity contribution is -0.384. The molecule has 20 heavy (non-hydrogen) atoms. The average molecular weight is 300 g/mol. The van der Waals surface area contributed by atoms with Gasteiger partial charge in [-0.15, -0.1) is 12.4 Å². The molecule has 0 unspecified atom stereocenters. The third-order valence-electron chi connectivity index (χ3n) is 3.17. The van der Waals surface area contributed by atoms with E-state index in [1.54, 1.807) is 12.1 Å². The van der Waals surface area contributed by atoms with Crippen molar-refractivity contribution < 1.29 is 9.72 Å². The fourth-order valence-electron chi connectivity index (χ4n) is 2.17. The Morgan fingerprint density at radius 2 is 2.10 bits per heavy atom. The van der Waals surface area contributed by atoms with Crippen LogP contribution in [0.2, 0.25) is 0 Å². The number of rotatable bonds is 4. The van der Waals surface area contributed by atoms with Crippen molar-refractivity contribution in [2.45, 2.75) is 25.3 Å². The number of nitro benzene ring substituents is 1. The molecule has 1 heterocycles. The average Bonchev–Trinajstić information content (AvgIpc) is 2.40. The molecule has 2 N–H and O–H groups in total. The first-order chi connectivity index (χ1) is 9.15. The zero-order chi connectivity index (χ0) is 13.7. The Labute approximate surface area is 123 Å². The number of non-ortho nitro benzene ring substituents is 1. The van der Waals surface area contributed by atoms with Crippen molar-refractivity contribution in [3.63, 3.8) is 0 Å². The summed E-state index contributed by atoms with van der Waals surface area (Å²) in [5.41, 5.74) is 0.826. The Morgan fingerprint density at radius 1 is 1.40 bits per heavy atom. The van der Waals surface area contributed by atoms with Gasteiger partial charge in [-0.3, -0.25) is 14.9 Å². The maximum Gasteiger partial charge on any atom is 0.269 e. The second kappa shape index (κ2) is 7.81. The highest BCUT2D eigenvalue weighted by molar-refractivity contribution is 5.85. The highest BCUT2D eigenvalue weighted by atomic mass is 35.5. The van der Waals surface area contributed by atoms with Crippen molar-refractivity contribution in [3.8, 4) is 0 Å². The van der Waals surface area contributed by atoms with Crippen LogP contribution in [0.25, 0.3) is 0 Å². The maximum absolute atomic E-state index is 11.8. The number of nitro groups is 1. The first-order valence-electron chi connectivity index (χ1n) is 6.38. The predicted molar refractivity (Wildman–Crippen MR) is 78.1 cm³/mol. The van der Waals surface area contributed by atoms with Crippen LogP contribution < -0.4 is 10.6 Å². The molecule has 1 fully saturated rings. The molecule has 1 amide bonds. The van der Waals surface area contributed by atoms with Crippen molar-refractivity contribution >= 4 is 24.0 Å². The molecule has 1 aromatic carbocycles. The van der Waals surface area contributed by atoms with Crippen LogP contribution in [0.1, 0.15) is 18.4 Å². The second-order valence-corrected chi connectivity index (χ2v) is 4.71. The number of piperidine rings is 1. The molecule has 1 atom stereocenters. The minimum atomic E-state index is -0.447. The van der Waals surface area contributed by atoms with Crippen molar-refractivity contribution in [2.24, 2.45) is 0 Å². The Hall–Kier alpha value is -1.66. The topological polar surface area (TPSA) is 84.3 Å². The molecule has 0 radical (unpaired) electrons. The first-order valence-corrected chi connectivity index (χ1v) is 6.38. The van der Waals surface area contributed by atoms with E-state index in [9.17, 15) is 14.9 Å². The van der Waals surface area contributed by atoms with Crippen LogP contribution >= 0.6 is 12.4 Å². The molecule has 1 saturated heterocycles. The number of nitrogens with zero attached hydrogens (tertiary/aromatic N) is 1. The normalized spacial score (nSPS) is 17.9. The van der Waals surface area contributed by atoms with Crippen molar-refractivity contribution in [3.05, 3.63) is 39.9 Å². The van der Waals surface area contributed by atoms with E-state index in [1.165, 1.54) is 12.1 Å². The molecule has 1 aliphatic heterocycles. The zero-order valence-corrected chi connectivity index (χ0v) is 11.8. The maximum atomic E-state index is 11.8. The number of halogens is 1. The van der Waals surface area contributed by atoms with Gasteiger partial charge in [-0.2, -0.15) is 0 Å². The van der Waals surface area contributed by atoms with E-state index < -0.39 is 4.92 Å². The summed E-state index contributed by atoms with van der Waals surface area (Å²) in [6, 6.07) is 6.28. The van der Waals surface area contributed by atoms with Gasteiger partial charge in [0.05, 0.1) is 11.3 Å². The molecule has 0 aromatic heterocycles. The SMILES string of the molecule is Cl.O=C(Cc1ccc([N+](=O)[O-])cc1)N[C@H]1CCCNC1. The summed E-state index contributed by atoms with van der Waals surface area (Å²) < 4.78 is 0. The number of hydrogen-bond acceptors (Lipinski definition) is 4. The van der Waals surface area contributed by atoms with Gasteiger partial charge in [-0.05, 0) is 24.9 Å². The number of carbonyl (C=O) groups is 1. The standard InChI is InChI=1S/C13H17N3O3.ClH/c17-13(15-11-2-1-7-14-9-11)8-10-3-5-12(6-4-10)16(18)19;/h3-6,11,14H,1-2,7-9H2,(H,15,17);1H/t11-;/m0./s1. The van der Waals surface area contributed by atoms with Gasteiger partial charge in [-0.25, -0.2) is 0 Å². The Morgan fingerprint density at radius 3 is 2.65 bits per heavy atom. The van der Waals surface area contributed by atoms with E-state index in [2.05, 4.69) is 10.6 Å². The van der Waals surface area contributed by atoms with Gasteiger partial charge in [0.25, 0.3) is 5.69 Å². The van der Waals surface area contributed by atoms with Gasteiger partial charge < -0.3 is 10.6 Å². The third kappa shape index (κ3) is 4.79. The van der Waals surface area contributed by atoms with Crippen LogP contribution in [-0.4, -0.2) is 30.0 Å². The van der Waals surface area contributed by atoms with Crippen LogP contribution in [-0.2, 0) is 11.2 Å². The largest absolute Gasteiger partial charge is 0.352 e. The number of nitrogens with one attached hydrogen (secondary N) is 2. The van der Waals surface area contributed by atoms with Gasteiger partial charge in [-0.1, -0.05) is 12.1 Å². The molecular formula is C13H18ClN3O3. The summed E-state index contributed by atoms with van der Waals surface area (Å²) in [5, 5.41) is 16.7. The second-order valence-electron chi connectivity index (χ2n) is 4.71. The van der Waals surface area contributed by atoms with Crippen LogP contribution in [0.3, 0.4) is 0 Å². The molecule has 2 rings (SSSR count). The third-order valence-corrected chi connectivity index (χ3v) is 3.17. The lowest BCUT2D eigenvalue weighted by Gasteiger charge is -2.23. The van der Waals surface area contributed by atoms with Gasteiger partial charge in [0.15, 0.2) is 0 Å². The number of benzene rings is 1. The molecule has 0 spiro atoms. The molecule has 1 aliphatic rings. The van der Waals surface area contributed by atoms with Crippen molar-refractivity contribution in [2.75, 3.05) is 13.1 Å². The molecule has 1 aromatic rings. The number of hydrogen-bond donors (Lipinski definition) is 2. The summed E-state index contributed by atoms with van der Waals surface area (Å²) in [6.45, 7) is 1.82. The summed E-state index contributed by atoms with van der Waals surface area (Å²) in [5.74, 6) is -0.0393. The van der Waals surface area contributed by atoms with Crippen LogP contribution in [0, 0.1) is 10.1 Å². The van der Waals surface area contributed by atoms with Gasteiger partial charge in [0.1, 0.15) is 0 Å². The fraction of sp³-hybridized carbons (Fsp3) is 0.462. The summed E-state index contributed by atoms with van der Waals surface area (Å²) in [7, 11) is 0. The van der Waals surface area contributed by atoms with Crippen molar-refractivity contribution in [1.29, 1.82) is 0 Å². The lowest BCUT2D eigenvalue weighted by Crippen LogP contribution is -2.46. The van der Waals surface area contributed by atoms with Crippen LogP contribution in [0.5, 0.6) is 0 Å². The number of amides is 1. The van der Waals surface area contributed by atoms with E-state index in [-0.39, 0.29) is 36.5 Å². The molecule has 7 heteroatoms. The summed E-state index contributed by atoms with van der Waals surface area (Å²) in [4.78, 5) is 21.9. The van der Waals surface area contributed by atoms with E-state index in [0.29, 0.717) is 0 Å². The highest BCUT2D eigenvalue weighted by Crippen LogP contribution is 2.12. The molecule has 0 bridgehead atoms. The van der Waals surface area contributed by atoms with Crippen molar-refractivity contribution in [1.82, 2.24) is 10.6 Å². The van der Waals surface area contributed by atoms with E-state index in [4.69, 9.17) is 0 Å². The van der Waals surface area contributed by atoms with E-state index in [1.807, 2.05) is 0 Å². The molecule has 6 nitrogen and oxygen atoms in total. The van der Waals surface area contributed by atoms with E-state index in [0.717, 1.165) is 31.5 Å². The lowest BCUT2D eigenvalue weighted by atomic mass is 10.1. The summed E-state index contributed by atoms with van der Waals surface area (Å²) >= 11 is 0. The fourth-order valence-corrected chi connectivity index (χ4v) is 2.17. The monoisotopic (exact) mass is 299 g/mol. The molecule has 0 aliphatic carbocycles. The van der Waals surface area contributed by atoms with Crippen LogP contribution in [0.15, 0.2) is 24.3 Å². The van der Waals surface area contributed by atoms with Gasteiger partial charge in [0.2, 0.25) is 5.91 Å². The van der Waals surface area contributed by atoms with E-state index >= 15 is 0 Å². The van der Waals surface area contributed by atoms with Crippen LogP contribution in [0.4, 0.5) is 5.69 Å². The van der Waals surface area contributed by atoms with Gasteiger partial charge in [0, 0.05) is 24.7 Å². The van der Waals surface area contributed by atoms with Gasteiger partial charge >= 0.3 is 0 Å². The molecule has 110 valence electrons. The minimum absolute atomic E-state index is 0. The molecule has 0 saturated carbocycles. The smallest absolute Gasteiger partial charge is 0.269 e. The predicted octanol–water partition coefficient (Wildman–Crippen LogP) is 1.43. The Kier molecular flexibility index (Phi) is 6.41.